The van der Waals surface area contributed by atoms with Crippen molar-refractivity contribution < 1.29 is 29.0 Å². The summed E-state index contributed by atoms with van der Waals surface area (Å²) in [5, 5.41) is 11.5. The Hall–Kier alpha value is -2.77. The molecule has 8 nitrogen and oxygen atoms in total. The summed E-state index contributed by atoms with van der Waals surface area (Å²) >= 11 is 0. The molecule has 0 aromatic heterocycles. The number of carboxylic acid groups (broad SMARTS) is 1. The van der Waals surface area contributed by atoms with Crippen molar-refractivity contribution >= 4 is 17.8 Å². The number of unbranched alkanes of at least 4 members (excludes halogenated alkanes) is 1. The normalized spacial score (nSPS) is 14.4. The molecule has 1 fully saturated rings. The molecule has 0 saturated carbocycles. The summed E-state index contributed by atoms with van der Waals surface area (Å²) in [5.74, 6) is 0.0373. The van der Waals surface area contributed by atoms with Gasteiger partial charge < -0.3 is 24.8 Å². The number of piperidine rings is 1. The minimum absolute atomic E-state index is 0.0227. The highest BCUT2D eigenvalue weighted by Gasteiger charge is 2.28. The van der Waals surface area contributed by atoms with Gasteiger partial charge in [-0.1, -0.05) is 0 Å². The smallest absolute Gasteiger partial charge is 0.303 e. The van der Waals surface area contributed by atoms with Crippen molar-refractivity contribution in [2.75, 3.05) is 33.9 Å². The zero-order valence-electron chi connectivity index (χ0n) is 16.4. The predicted molar refractivity (Wildman–Crippen MR) is 103 cm³/mol. The Kier molecular flexibility index (Phi) is 8.10. The van der Waals surface area contributed by atoms with Gasteiger partial charge in [-0.3, -0.25) is 14.4 Å². The average molecular weight is 392 g/mol. The molecule has 1 aromatic rings. The summed E-state index contributed by atoms with van der Waals surface area (Å²) in [7, 11) is 3.07. The topological polar surface area (TPSA) is 105 Å². The lowest BCUT2D eigenvalue weighted by Crippen LogP contribution is -2.43. The Morgan fingerprint density at radius 3 is 2.21 bits per heavy atom. The molecule has 0 atom stereocenters. The molecule has 154 valence electrons. The average Bonchev–Trinajstić information content (AvgIpc) is 2.72. The maximum absolute atomic E-state index is 12.8. The van der Waals surface area contributed by atoms with Gasteiger partial charge in [0.05, 0.1) is 14.2 Å². The maximum Gasteiger partial charge on any atom is 0.303 e. The molecular formula is C20H28N2O6. The van der Waals surface area contributed by atoms with E-state index in [1.165, 1.54) is 14.2 Å². The third-order valence-electron chi connectivity index (χ3n) is 4.87. The minimum Gasteiger partial charge on any atom is -0.497 e. The number of carbonyl (C=O) groups is 3. The van der Waals surface area contributed by atoms with E-state index in [1.54, 1.807) is 23.1 Å². The first kappa shape index (κ1) is 21.5. The predicted octanol–water partition coefficient (Wildman–Crippen LogP) is 1.93. The second-order valence-corrected chi connectivity index (χ2v) is 6.81. The molecule has 0 radical (unpaired) electrons. The highest BCUT2D eigenvalue weighted by atomic mass is 16.5. The minimum atomic E-state index is -0.822. The van der Waals surface area contributed by atoms with Gasteiger partial charge in [-0.2, -0.15) is 0 Å². The van der Waals surface area contributed by atoms with E-state index in [0.717, 1.165) is 0 Å². The van der Waals surface area contributed by atoms with Gasteiger partial charge in [0.2, 0.25) is 5.91 Å². The summed E-state index contributed by atoms with van der Waals surface area (Å²) in [6.45, 7) is 1.50. The zero-order valence-corrected chi connectivity index (χ0v) is 16.4. The number of hydrogen-bond acceptors (Lipinski definition) is 5. The van der Waals surface area contributed by atoms with Gasteiger partial charge in [0.1, 0.15) is 11.5 Å². The molecule has 0 spiro atoms. The molecule has 1 saturated heterocycles. The lowest BCUT2D eigenvalue weighted by atomic mass is 9.95. The number of nitrogens with one attached hydrogen (secondary N) is 1. The van der Waals surface area contributed by atoms with Gasteiger partial charge in [-0.15, -0.1) is 0 Å². The molecule has 1 aromatic carbocycles. The Morgan fingerprint density at radius 1 is 1.07 bits per heavy atom. The van der Waals surface area contributed by atoms with Crippen LogP contribution in [0.15, 0.2) is 18.2 Å². The van der Waals surface area contributed by atoms with Crippen LogP contribution in [-0.4, -0.2) is 61.6 Å². The molecule has 8 heteroatoms. The molecule has 2 amide bonds. The molecule has 28 heavy (non-hydrogen) atoms. The van der Waals surface area contributed by atoms with E-state index in [1.807, 2.05) is 0 Å². The second kappa shape index (κ2) is 10.5. The molecular weight excluding hydrogens is 364 g/mol. The van der Waals surface area contributed by atoms with Crippen LogP contribution in [0.5, 0.6) is 11.5 Å². The number of likely N-dealkylation sites (tertiary alicyclic amines) is 1. The van der Waals surface area contributed by atoms with E-state index in [0.29, 0.717) is 62.4 Å². The van der Waals surface area contributed by atoms with Crippen LogP contribution in [0.1, 0.15) is 42.5 Å². The molecule has 0 unspecified atom stereocenters. The summed E-state index contributed by atoms with van der Waals surface area (Å²) < 4.78 is 10.4. The van der Waals surface area contributed by atoms with Crippen LogP contribution >= 0.6 is 0 Å². The number of aliphatic carboxylic acids is 1. The van der Waals surface area contributed by atoms with Crippen LogP contribution in [0.2, 0.25) is 0 Å². The van der Waals surface area contributed by atoms with Gasteiger partial charge in [-0.05, 0) is 37.8 Å². The SMILES string of the molecule is COc1cc(OC)cc(C(=O)N2CCC(C(=O)NCCCCC(=O)O)CC2)c1. The maximum atomic E-state index is 12.8. The van der Waals surface area contributed by atoms with Crippen LogP contribution in [0.3, 0.4) is 0 Å². The van der Waals surface area contributed by atoms with Crippen LogP contribution < -0.4 is 14.8 Å². The third-order valence-corrected chi connectivity index (χ3v) is 4.87. The molecule has 1 aliphatic rings. The summed E-state index contributed by atoms with van der Waals surface area (Å²) in [4.78, 5) is 37.2. The van der Waals surface area contributed by atoms with Crippen molar-refractivity contribution in [3.8, 4) is 11.5 Å². The fraction of sp³-hybridized carbons (Fsp3) is 0.550. The molecule has 0 bridgehead atoms. The highest BCUT2D eigenvalue weighted by Crippen LogP contribution is 2.25. The zero-order chi connectivity index (χ0) is 20.5. The number of hydrogen-bond donors (Lipinski definition) is 2. The first-order valence-electron chi connectivity index (χ1n) is 9.46. The Labute approximate surface area is 164 Å². The van der Waals surface area contributed by atoms with E-state index in [9.17, 15) is 14.4 Å². The first-order chi connectivity index (χ1) is 13.4. The van der Waals surface area contributed by atoms with Crippen LogP contribution in [0.4, 0.5) is 0 Å². The van der Waals surface area contributed by atoms with E-state index < -0.39 is 5.97 Å². The third kappa shape index (κ3) is 6.14. The van der Waals surface area contributed by atoms with Crippen molar-refractivity contribution in [2.45, 2.75) is 32.1 Å². The molecule has 2 N–H and O–H groups in total. The summed E-state index contributed by atoms with van der Waals surface area (Å²) in [6.07, 6.45) is 2.52. The first-order valence-corrected chi connectivity index (χ1v) is 9.46. The number of carboxylic acids is 1. The number of benzene rings is 1. The monoisotopic (exact) mass is 392 g/mol. The largest absolute Gasteiger partial charge is 0.497 e. The molecule has 0 aliphatic carbocycles. The van der Waals surface area contributed by atoms with Crippen LogP contribution in [0, 0.1) is 5.92 Å². The second-order valence-electron chi connectivity index (χ2n) is 6.81. The molecule has 2 rings (SSSR count). The van der Waals surface area contributed by atoms with E-state index in [2.05, 4.69) is 5.32 Å². The highest BCUT2D eigenvalue weighted by molar-refractivity contribution is 5.95. The standard InChI is InChI=1S/C20H28N2O6/c1-27-16-11-15(12-17(13-16)28-2)20(26)22-9-6-14(7-10-22)19(25)21-8-4-3-5-18(23)24/h11-14H,3-10H2,1-2H3,(H,21,25)(H,23,24). The lowest BCUT2D eigenvalue weighted by molar-refractivity contribution is -0.137. The fourth-order valence-electron chi connectivity index (χ4n) is 3.22. The Morgan fingerprint density at radius 2 is 1.68 bits per heavy atom. The Balaban J connectivity index is 1.82. The number of amides is 2. The van der Waals surface area contributed by atoms with Gasteiger partial charge in [-0.25, -0.2) is 0 Å². The van der Waals surface area contributed by atoms with Crippen molar-refractivity contribution in [1.82, 2.24) is 10.2 Å². The fourth-order valence-corrected chi connectivity index (χ4v) is 3.22. The number of nitrogens with zero attached hydrogens (tertiary/aromatic N) is 1. The van der Waals surface area contributed by atoms with E-state index in [-0.39, 0.29) is 24.2 Å². The van der Waals surface area contributed by atoms with Crippen LogP contribution in [-0.2, 0) is 9.59 Å². The van der Waals surface area contributed by atoms with Gasteiger partial charge in [0.25, 0.3) is 5.91 Å². The molecule has 1 aliphatic heterocycles. The van der Waals surface area contributed by atoms with Gasteiger partial charge in [0.15, 0.2) is 0 Å². The summed E-state index contributed by atoms with van der Waals surface area (Å²) in [5.41, 5.74) is 0.498. The van der Waals surface area contributed by atoms with Crippen molar-refractivity contribution in [3.05, 3.63) is 23.8 Å². The lowest BCUT2D eigenvalue weighted by Gasteiger charge is -2.31. The van der Waals surface area contributed by atoms with Crippen molar-refractivity contribution in [3.63, 3.8) is 0 Å². The van der Waals surface area contributed by atoms with Gasteiger partial charge in [0, 0.05) is 43.6 Å². The number of ether oxygens (including phenoxy) is 2. The van der Waals surface area contributed by atoms with Crippen molar-refractivity contribution in [2.24, 2.45) is 5.92 Å². The number of rotatable bonds is 9. The number of carbonyl (C=O) groups excluding carboxylic acids is 2. The number of methoxy groups -OCH3 is 2. The Bertz CT molecular complexity index is 676. The van der Waals surface area contributed by atoms with E-state index >= 15 is 0 Å². The van der Waals surface area contributed by atoms with Crippen LogP contribution in [0.25, 0.3) is 0 Å². The molecule has 1 heterocycles. The van der Waals surface area contributed by atoms with Crippen molar-refractivity contribution in [1.29, 1.82) is 0 Å². The summed E-state index contributed by atoms with van der Waals surface area (Å²) in [6, 6.07) is 5.07. The van der Waals surface area contributed by atoms with Gasteiger partial charge >= 0.3 is 5.97 Å². The van der Waals surface area contributed by atoms with E-state index in [4.69, 9.17) is 14.6 Å². The quantitative estimate of drug-likeness (QED) is 0.622.